The Morgan fingerprint density at radius 2 is 2.05 bits per heavy atom. The van der Waals surface area contributed by atoms with Crippen molar-refractivity contribution in [2.45, 2.75) is 11.9 Å². The van der Waals surface area contributed by atoms with Gasteiger partial charge < -0.3 is 5.11 Å². The number of carboxylic acid groups (broad SMARTS) is 1. The van der Waals surface area contributed by atoms with Gasteiger partial charge in [0.2, 0.25) is 0 Å². The van der Waals surface area contributed by atoms with E-state index in [-0.39, 0.29) is 16.3 Å². The van der Waals surface area contributed by atoms with Gasteiger partial charge in [0, 0.05) is 7.05 Å². The Morgan fingerprint density at radius 3 is 2.60 bits per heavy atom. The minimum Gasteiger partial charge on any atom is -0.478 e. The summed E-state index contributed by atoms with van der Waals surface area (Å²) in [5, 5.41) is 12.9. The topological polar surface area (TPSA) is 101 Å². The third kappa shape index (κ3) is 2.50. The predicted octanol–water partition coefficient (Wildman–Crippen LogP) is 1.23. The second kappa shape index (κ2) is 4.97. The van der Waals surface area contributed by atoms with Gasteiger partial charge in [-0.25, -0.2) is 4.79 Å². The maximum atomic E-state index is 12.2. The number of anilines is 1. The number of aromatic carboxylic acids is 1. The van der Waals surface area contributed by atoms with E-state index < -0.39 is 16.0 Å². The summed E-state index contributed by atoms with van der Waals surface area (Å²) in [6, 6.07) is 5.87. The minimum absolute atomic E-state index is 0.0444. The van der Waals surface area contributed by atoms with Crippen LogP contribution in [0.3, 0.4) is 0 Å². The highest BCUT2D eigenvalue weighted by Crippen LogP contribution is 2.23. The Labute approximate surface area is 115 Å². The van der Waals surface area contributed by atoms with Crippen LogP contribution in [0.5, 0.6) is 0 Å². The molecule has 0 aliphatic rings. The third-order valence-corrected chi connectivity index (χ3v) is 4.21. The lowest BCUT2D eigenvalue weighted by Crippen LogP contribution is -2.19. The van der Waals surface area contributed by atoms with Crippen LogP contribution in [0.25, 0.3) is 0 Å². The summed E-state index contributed by atoms with van der Waals surface area (Å²) in [5.41, 5.74) is 0.479. The summed E-state index contributed by atoms with van der Waals surface area (Å²) < 4.78 is 28.0. The van der Waals surface area contributed by atoms with Gasteiger partial charge in [0.15, 0.2) is 5.03 Å². The monoisotopic (exact) mass is 295 g/mol. The van der Waals surface area contributed by atoms with E-state index in [0.29, 0.717) is 5.56 Å². The van der Waals surface area contributed by atoms with E-state index in [4.69, 9.17) is 5.11 Å². The van der Waals surface area contributed by atoms with Gasteiger partial charge in [-0.3, -0.25) is 9.40 Å². The van der Waals surface area contributed by atoms with Crippen LogP contribution in [0.15, 0.2) is 35.5 Å². The van der Waals surface area contributed by atoms with Crippen molar-refractivity contribution < 1.29 is 18.3 Å². The fourth-order valence-corrected chi connectivity index (χ4v) is 3.07. The molecular weight excluding hydrogens is 282 g/mol. The van der Waals surface area contributed by atoms with Crippen molar-refractivity contribution in [3.05, 3.63) is 41.6 Å². The molecule has 2 rings (SSSR count). The second-order valence-electron chi connectivity index (χ2n) is 4.20. The zero-order valence-corrected chi connectivity index (χ0v) is 11.7. The number of hydrogen-bond acceptors (Lipinski definition) is 4. The Kier molecular flexibility index (Phi) is 3.49. The molecule has 0 aliphatic carbocycles. The molecule has 0 fully saturated rings. The molecule has 1 heterocycles. The van der Waals surface area contributed by atoms with Crippen LogP contribution in [0, 0.1) is 6.92 Å². The number of nitrogens with zero attached hydrogens (tertiary/aromatic N) is 2. The summed E-state index contributed by atoms with van der Waals surface area (Å²) in [7, 11) is -2.40. The second-order valence-corrected chi connectivity index (χ2v) is 5.83. The van der Waals surface area contributed by atoms with Crippen molar-refractivity contribution in [2.75, 3.05) is 4.72 Å². The maximum Gasteiger partial charge on any atom is 0.337 e. The molecule has 0 bridgehead atoms. The zero-order chi connectivity index (χ0) is 14.9. The minimum atomic E-state index is -3.89. The van der Waals surface area contributed by atoms with Crippen LogP contribution < -0.4 is 4.72 Å². The maximum absolute atomic E-state index is 12.2. The number of sulfonamides is 1. The molecule has 0 spiro atoms. The summed E-state index contributed by atoms with van der Waals surface area (Å²) in [4.78, 5) is 11.2. The number of carboxylic acids is 1. The van der Waals surface area contributed by atoms with Crippen LogP contribution in [0.1, 0.15) is 15.9 Å². The molecule has 1 aromatic heterocycles. The van der Waals surface area contributed by atoms with E-state index in [1.165, 1.54) is 30.1 Å². The Hall–Kier alpha value is -2.35. The molecule has 106 valence electrons. The molecule has 0 amide bonds. The van der Waals surface area contributed by atoms with E-state index in [9.17, 15) is 13.2 Å². The van der Waals surface area contributed by atoms with Gasteiger partial charge in [-0.1, -0.05) is 12.1 Å². The van der Waals surface area contributed by atoms with Gasteiger partial charge >= 0.3 is 5.97 Å². The van der Waals surface area contributed by atoms with Gasteiger partial charge in [-0.05, 0) is 24.6 Å². The molecule has 0 atom stereocenters. The number of rotatable bonds is 4. The molecule has 2 aromatic rings. The van der Waals surface area contributed by atoms with E-state index in [1.54, 1.807) is 19.1 Å². The number of nitrogens with one attached hydrogen (secondary N) is 1. The van der Waals surface area contributed by atoms with E-state index in [2.05, 4.69) is 9.82 Å². The van der Waals surface area contributed by atoms with Crippen molar-refractivity contribution in [1.29, 1.82) is 0 Å². The highest BCUT2D eigenvalue weighted by molar-refractivity contribution is 7.92. The molecule has 0 saturated heterocycles. The molecule has 1 aromatic carbocycles. The SMILES string of the molecule is Cc1cccc(C(=O)O)c1NS(=O)(=O)c1ccnn1C. The summed E-state index contributed by atoms with van der Waals surface area (Å²) >= 11 is 0. The Bertz CT molecular complexity index is 765. The molecule has 8 heteroatoms. The number of hydrogen-bond donors (Lipinski definition) is 2. The fraction of sp³-hybridized carbons (Fsp3) is 0.167. The molecule has 20 heavy (non-hydrogen) atoms. The normalized spacial score (nSPS) is 11.3. The lowest BCUT2D eigenvalue weighted by Gasteiger charge is -2.13. The third-order valence-electron chi connectivity index (χ3n) is 2.79. The van der Waals surface area contributed by atoms with E-state index in [1.807, 2.05) is 0 Å². The van der Waals surface area contributed by atoms with E-state index >= 15 is 0 Å². The number of para-hydroxylation sites is 1. The fourth-order valence-electron chi connectivity index (χ4n) is 1.79. The van der Waals surface area contributed by atoms with Crippen LogP contribution in [-0.2, 0) is 17.1 Å². The average molecular weight is 295 g/mol. The number of benzene rings is 1. The Morgan fingerprint density at radius 1 is 1.35 bits per heavy atom. The average Bonchev–Trinajstić information content (AvgIpc) is 2.78. The summed E-state index contributed by atoms with van der Waals surface area (Å²) in [5.74, 6) is -1.20. The first-order valence-electron chi connectivity index (χ1n) is 5.66. The van der Waals surface area contributed by atoms with Crippen molar-refractivity contribution >= 4 is 21.7 Å². The van der Waals surface area contributed by atoms with Gasteiger partial charge in [-0.15, -0.1) is 0 Å². The quantitative estimate of drug-likeness (QED) is 0.883. The highest BCUT2D eigenvalue weighted by Gasteiger charge is 2.22. The number of carbonyl (C=O) groups is 1. The summed E-state index contributed by atoms with van der Waals surface area (Å²) in [6.07, 6.45) is 1.35. The first-order chi connectivity index (χ1) is 9.33. The molecule has 0 unspecified atom stereocenters. The first kappa shape index (κ1) is 14.1. The lowest BCUT2D eigenvalue weighted by molar-refractivity contribution is 0.0698. The smallest absolute Gasteiger partial charge is 0.337 e. The zero-order valence-electron chi connectivity index (χ0n) is 10.9. The predicted molar refractivity (Wildman–Crippen MR) is 72.2 cm³/mol. The number of aromatic nitrogens is 2. The van der Waals surface area contributed by atoms with Gasteiger partial charge in [0.1, 0.15) is 0 Å². The van der Waals surface area contributed by atoms with Crippen LogP contribution in [0.4, 0.5) is 5.69 Å². The van der Waals surface area contributed by atoms with Gasteiger partial charge in [0.05, 0.1) is 17.4 Å². The van der Waals surface area contributed by atoms with Crippen molar-refractivity contribution in [3.63, 3.8) is 0 Å². The van der Waals surface area contributed by atoms with E-state index in [0.717, 1.165) is 0 Å². The van der Waals surface area contributed by atoms with Crippen LogP contribution in [-0.4, -0.2) is 29.3 Å². The molecule has 0 saturated carbocycles. The molecule has 2 N–H and O–H groups in total. The van der Waals surface area contributed by atoms with Gasteiger partial charge in [0.25, 0.3) is 10.0 Å². The van der Waals surface area contributed by atoms with Gasteiger partial charge in [-0.2, -0.15) is 13.5 Å². The highest BCUT2D eigenvalue weighted by atomic mass is 32.2. The Balaban J connectivity index is 2.50. The van der Waals surface area contributed by atoms with Crippen molar-refractivity contribution in [2.24, 2.45) is 7.05 Å². The molecule has 0 radical (unpaired) electrons. The molecule has 0 aliphatic heterocycles. The van der Waals surface area contributed by atoms with Crippen molar-refractivity contribution in [3.8, 4) is 0 Å². The van der Waals surface area contributed by atoms with Crippen molar-refractivity contribution in [1.82, 2.24) is 9.78 Å². The first-order valence-corrected chi connectivity index (χ1v) is 7.15. The lowest BCUT2D eigenvalue weighted by atomic mass is 10.1. The molecule has 7 nitrogen and oxygen atoms in total. The number of aryl methyl sites for hydroxylation is 2. The largest absolute Gasteiger partial charge is 0.478 e. The molecular formula is C12H13N3O4S. The standard InChI is InChI=1S/C12H13N3O4S/c1-8-4-3-5-9(12(16)17)11(8)14-20(18,19)10-6-7-13-15(10)2/h3-7,14H,1-2H3,(H,16,17). The summed E-state index contributed by atoms with van der Waals surface area (Å²) in [6.45, 7) is 1.63. The van der Waals surface area contributed by atoms with Crippen LogP contribution in [0.2, 0.25) is 0 Å². The van der Waals surface area contributed by atoms with Crippen LogP contribution >= 0.6 is 0 Å².